The zero-order valence-corrected chi connectivity index (χ0v) is 13.4. The van der Waals surface area contributed by atoms with Gasteiger partial charge in [0.2, 0.25) is 5.91 Å². The number of rotatable bonds is 5. The Kier molecular flexibility index (Phi) is 5.05. The summed E-state index contributed by atoms with van der Waals surface area (Å²) in [5.41, 5.74) is 8.45. The molecule has 1 aromatic heterocycles. The van der Waals surface area contributed by atoms with Crippen molar-refractivity contribution in [3.05, 3.63) is 23.0 Å². The van der Waals surface area contributed by atoms with Crippen LogP contribution < -0.4 is 16.4 Å². The quantitative estimate of drug-likeness (QED) is 0.717. The molecule has 0 saturated heterocycles. The van der Waals surface area contributed by atoms with Crippen molar-refractivity contribution in [1.82, 2.24) is 10.3 Å². The Morgan fingerprint density at radius 3 is 2.55 bits per heavy atom. The van der Waals surface area contributed by atoms with Crippen LogP contribution >= 0.6 is 12.2 Å². The molecule has 1 rings (SSSR count). The lowest BCUT2D eigenvalue weighted by molar-refractivity contribution is -0.128. The minimum Gasteiger partial charge on any atom is -0.389 e. The maximum atomic E-state index is 11.8. The Bertz CT molecular complexity index is 540. The number of nitrogens with zero attached hydrogens (tertiary/aromatic N) is 1. The lowest BCUT2D eigenvalue weighted by atomic mass is 9.92. The Morgan fingerprint density at radius 1 is 1.45 bits per heavy atom. The van der Waals surface area contributed by atoms with Gasteiger partial charge in [0.1, 0.15) is 4.99 Å². The second-order valence-corrected chi connectivity index (χ2v) is 5.89. The fraction of sp³-hybridized carbons (Fsp3) is 0.500. The molecule has 0 radical (unpaired) electrons. The molecular weight excluding hydrogens is 272 g/mol. The molecule has 0 atom stereocenters. The molecule has 0 fully saturated rings. The highest BCUT2D eigenvalue weighted by atomic mass is 32.1. The van der Waals surface area contributed by atoms with Crippen molar-refractivity contribution in [3.63, 3.8) is 0 Å². The maximum Gasteiger partial charge on any atom is 0.227 e. The summed E-state index contributed by atoms with van der Waals surface area (Å²) in [6.45, 7) is 8.01. The number of thiocarbonyl (C=S) groups is 1. The summed E-state index contributed by atoms with van der Waals surface area (Å²) in [5.74, 6) is -0.0237. The van der Waals surface area contributed by atoms with Crippen molar-refractivity contribution in [2.45, 2.75) is 27.7 Å². The summed E-state index contributed by atoms with van der Waals surface area (Å²) in [5, 5.41) is 5.92. The van der Waals surface area contributed by atoms with Crippen LogP contribution in [0.15, 0.2) is 6.07 Å². The van der Waals surface area contributed by atoms with E-state index >= 15 is 0 Å². The number of nitrogens with two attached hydrogens (primary N) is 1. The first-order valence-electron chi connectivity index (χ1n) is 6.43. The van der Waals surface area contributed by atoms with E-state index in [-0.39, 0.29) is 5.91 Å². The van der Waals surface area contributed by atoms with Crippen molar-refractivity contribution in [2.24, 2.45) is 11.1 Å². The molecule has 0 aromatic carbocycles. The van der Waals surface area contributed by atoms with E-state index < -0.39 is 5.41 Å². The van der Waals surface area contributed by atoms with Crippen LogP contribution in [0.25, 0.3) is 0 Å². The van der Waals surface area contributed by atoms with E-state index in [0.717, 1.165) is 22.6 Å². The van der Waals surface area contributed by atoms with Crippen molar-refractivity contribution in [2.75, 3.05) is 18.9 Å². The summed E-state index contributed by atoms with van der Waals surface area (Å²) in [7, 11) is 1.63. The minimum absolute atomic E-state index is 0.0237. The van der Waals surface area contributed by atoms with Crippen molar-refractivity contribution in [1.29, 1.82) is 0 Å². The van der Waals surface area contributed by atoms with Gasteiger partial charge in [-0.25, -0.2) is 0 Å². The molecule has 4 N–H and O–H groups in total. The molecule has 0 aliphatic heterocycles. The number of amides is 1. The molecule has 0 spiro atoms. The fourth-order valence-corrected chi connectivity index (χ4v) is 2.27. The molecule has 1 amide bonds. The van der Waals surface area contributed by atoms with Gasteiger partial charge in [0, 0.05) is 30.7 Å². The molecular formula is C14H22N4OS. The standard InChI is InChI=1S/C14H22N4OS/c1-8-6-10(11(12(15)20)9(2)18-8)17-7-14(3,4)13(19)16-5/h6H,7H2,1-5H3,(H2,15,20)(H,16,19)(H,17,18). The molecule has 5 nitrogen and oxygen atoms in total. The average Bonchev–Trinajstić information content (AvgIpc) is 2.33. The Balaban J connectivity index is 3.04. The molecule has 0 aliphatic rings. The molecule has 1 aromatic rings. The third-order valence-electron chi connectivity index (χ3n) is 3.14. The number of carbonyl (C=O) groups is 1. The first kappa shape index (κ1) is 16.4. The molecule has 0 bridgehead atoms. The number of nitrogens with one attached hydrogen (secondary N) is 2. The average molecular weight is 294 g/mol. The van der Waals surface area contributed by atoms with Crippen LogP contribution in [0.4, 0.5) is 5.69 Å². The van der Waals surface area contributed by atoms with E-state index in [1.165, 1.54) is 0 Å². The molecule has 0 unspecified atom stereocenters. The first-order chi connectivity index (χ1) is 9.19. The molecule has 0 saturated carbocycles. The fourth-order valence-electron chi connectivity index (χ4n) is 2.01. The van der Waals surface area contributed by atoms with Crippen LogP contribution in [-0.2, 0) is 4.79 Å². The number of hydrogen-bond acceptors (Lipinski definition) is 4. The summed E-state index contributed by atoms with van der Waals surface area (Å²) in [6, 6.07) is 1.89. The highest BCUT2D eigenvalue weighted by Crippen LogP contribution is 2.22. The molecule has 0 aliphatic carbocycles. The van der Waals surface area contributed by atoms with Gasteiger partial charge in [0.15, 0.2) is 0 Å². The van der Waals surface area contributed by atoms with Gasteiger partial charge in [-0.05, 0) is 33.8 Å². The summed E-state index contributed by atoms with van der Waals surface area (Å²) < 4.78 is 0. The Morgan fingerprint density at radius 2 is 2.05 bits per heavy atom. The molecule has 110 valence electrons. The maximum absolute atomic E-state index is 11.8. The highest BCUT2D eigenvalue weighted by molar-refractivity contribution is 7.80. The number of anilines is 1. The van der Waals surface area contributed by atoms with Gasteiger partial charge in [-0.2, -0.15) is 0 Å². The van der Waals surface area contributed by atoms with Crippen molar-refractivity contribution in [3.8, 4) is 0 Å². The van der Waals surface area contributed by atoms with Gasteiger partial charge in [-0.1, -0.05) is 12.2 Å². The van der Waals surface area contributed by atoms with E-state index in [4.69, 9.17) is 18.0 Å². The van der Waals surface area contributed by atoms with Gasteiger partial charge in [-0.3, -0.25) is 9.78 Å². The smallest absolute Gasteiger partial charge is 0.227 e. The molecule has 20 heavy (non-hydrogen) atoms. The van der Waals surface area contributed by atoms with Crippen molar-refractivity contribution >= 4 is 28.8 Å². The highest BCUT2D eigenvalue weighted by Gasteiger charge is 2.26. The van der Waals surface area contributed by atoms with E-state index in [0.29, 0.717) is 11.5 Å². The number of hydrogen-bond donors (Lipinski definition) is 3. The van der Waals surface area contributed by atoms with Crippen LogP contribution in [0.2, 0.25) is 0 Å². The van der Waals surface area contributed by atoms with E-state index in [1.807, 2.05) is 33.8 Å². The zero-order chi connectivity index (χ0) is 15.5. The van der Waals surface area contributed by atoms with Gasteiger partial charge in [-0.15, -0.1) is 0 Å². The predicted molar refractivity (Wildman–Crippen MR) is 85.9 cm³/mol. The Hall–Kier alpha value is -1.69. The van der Waals surface area contributed by atoms with Crippen molar-refractivity contribution < 1.29 is 4.79 Å². The van der Waals surface area contributed by atoms with E-state index in [1.54, 1.807) is 7.05 Å². The van der Waals surface area contributed by atoms with Gasteiger partial charge in [0.25, 0.3) is 0 Å². The first-order valence-corrected chi connectivity index (χ1v) is 6.84. The lowest BCUT2D eigenvalue weighted by Crippen LogP contribution is -2.39. The normalized spacial score (nSPS) is 11.1. The van der Waals surface area contributed by atoms with Crippen LogP contribution in [0, 0.1) is 19.3 Å². The Labute approximate surface area is 125 Å². The molecule has 6 heteroatoms. The van der Waals surface area contributed by atoms with Gasteiger partial charge in [0.05, 0.1) is 11.0 Å². The van der Waals surface area contributed by atoms with Crippen LogP contribution in [0.1, 0.15) is 30.8 Å². The molecule has 1 heterocycles. The number of pyridine rings is 1. The largest absolute Gasteiger partial charge is 0.389 e. The number of carbonyl (C=O) groups excluding carboxylic acids is 1. The van der Waals surface area contributed by atoms with Gasteiger partial charge >= 0.3 is 0 Å². The topological polar surface area (TPSA) is 80.0 Å². The van der Waals surface area contributed by atoms with Crippen LogP contribution in [-0.4, -0.2) is 29.5 Å². The van der Waals surface area contributed by atoms with E-state index in [2.05, 4.69) is 15.6 Å². The second kappa shape index (κ2) is 6.17. The summed E-state index contributed by atoms with van der Waals surface area (Å²) in [6.07, 6.45) is 0. The predicted octanol–water partition coefficient (Wildman–Crippen LogP) is 1.52. The summed E-state index contributed by atoms with van der Waals surface area (Å²) in [4.78, 5) is 16.5. The van der Waals surface area contributed by atoms with Crippen LogP contribution in [0.3, 0.4) is 0 Å². The van der Waals surface area contributed by atoms with Gasteiger partial charge < -0.3 is 16.4 Å². The number of aromatic nitrogens is 1. The van der Waals surface area contributed by atoms with E-state index in [9.17, 15) is 4.79 Å². The monoisotopic (exact) mass is 294 g/mol. The zero-order valence-electron chi connectivity index (χ0n) is 12.6. The minimum atomic E-state index is -0.534. The third-order valence-corrected chi connectivity index (χ3v) is 3.34. The SMILES string of the molecule is CNC(=O)C(C)(C)CNc1cc(C)nc(C)c1C(N)=S. The number of aryl methyl sites for hydroxylation is 2. The van der Waals surface area contributed by atoms with Crippen LogP contribution in [0.5, 0.6) is 0 Å². The lowest BCUT2D eigenvalue weighted by Gasteiger charge is -2.24. The third kappa shape index (κ3) is 3.66. The summed E-state index contributed by atoms with van der Waals surface area (Å²) >= 11 is 5.08. The second-order valence-electron chi connectivity index (χ2n) is 5.45.